The summed E-state index contributed by atoms with van der Waals surface area (Å²) in [5.41, 5.74) is 7.93. The van der Waals surface area contributed by atoms with Gasteiger partial charge in [0, 0.05) is 108 Å². The number of likely N-dealkylation sites (tertiary alicyclic amines) is 2. The maximum atomic E-state index is 12.8. The zero-order chi connectivity index (χ0) is 93.1. The van der Waals surface area contributed by atoms with E-state index in [1.807, 2.05) is 58.3 Å². The quantitative estimate of drug-likeness (QED) is 0.0515. The summed E-state index contributed by atoms with van der Waals surface area (Å²) < 4.78 is 100. The number of amides is 2. The van der Waals surface area contributed by atoms with Gasteiger partial charge in [0.2, 0.25) is 46.1 Å². The van der Waals surface area contributed by atoms with Crippen LogP contribution in [0.25, 0.3) is 0 Å². The summed E-state index contributed by atoms with van der Waals surface area (Å²) in [6, 6.07) is 39.3. The number of phenols is 2. The molecule has 130 heavy (non-hydrogen) atoms. The molecule has 0 bridgehead atoms. The molecule has 33 nitrogen and oxygen atoms in total. The van der Waals surface area contributed by atoms with E-state index in [2.05, 4.69) is 127 Å². The Morgan fingerprint density at radius 3 is 1.22 bits per heavy atom. The number of carbonyl (C=O) groups excluding carboxylic acids is 2. The zero-order valence-corrected chi connectivity index (χ0v) is 79.3. The van der Waals surface area contributed by atoms with Gasteiger partial charge in [0.1, 0.15) is 132 Å². The molecule has 4 saturated heterocycles. The fourth-order valence-corrected chi connectivity index (χ4v) is 17.8. The van der Waals surface area contributed by atoms with Crippen molar-refractivity contribution in [2.45, 2.75) is 129 Å². The summed E-state index contributed by atoms with van der Waals surface area (Å²) >= 11 is 0. The van der Waals surface area contributed by atoms with Crippen molar-refractivity contribution >= 4 is 84.1 Å². The van der Waals surface area contributed by atoms with Gasteiger partial charge < -0.3 is 106 Å². The van der Waals surface area contributed by atoms with Crippen molar-refractivity contribution in [2.75, 3.05) is 171 Å². The molecule has 9 aliphatic rings. The van der Waals surface area contributed by atoms with Crippen LogP contribution in [0.2, 0.25) is 36.3 Å². The van der Waals surface area contributed by atoms with Crippen molar-refractivity contribution in [1.29, 1.82) is 15.8 Å². The van der Waals surface area contributed by atoms with E-state index in [-0.39, 0.29) is 57.4 Å². The predicted molar refractivity (Wildman–Crippen MR) is 497 cm³/mol. The number of hydrogen-bond acceptors (Lipinski definition) is 31. The fraction of sp³-hybridized carbons (Fsp3) is 0.468. The van der Waals surface area contributed by atoms with Gasteiger partial charge in [-0.05, 0) is 147 Å². The third kappa shape index (κ3) is 25.0. The Bertz CT molecular complexity index is 5520. The Hall–Kier alpha value is -12.4. The van der Waals surface area contributed by atoms with E-state index in [0.29, 0.717) is 139 Å². The molecule has 2 amide bonds. The minimum atomic E-state index is -3.44. The molecular formula is C94H119N13O20SSi2. The summed E-state index contributed by atoms with van der Waals surface area (Å²) in [7, 11) is -2.66. The smallest absolute Gasteiger partial charge is 0.264 e. The van der Waals surface area contributed by atoms with Gasteiger partial charge in [-0.3, -0.25) is 13.8 Å². The number of nitrogens with one attached hydrogen (secondary N) is 2. The van der Waals surface area contributed by atoms with Crippen LogP contribution in [0.1, 0.15) is 96.8 Å². The summed E-state index contributed by atoms with van der Waals surface area (Å²) in [4.78, 5) is 47.5. The Kier molecular flexibility index (Phi) is 32.3. The van der Waals surface area contributed by atoms with Crippen molar-refractivity contribution in [2.24, 2.45) is 11.8 Å². The number of fused-ring (bicyclic) bond motifs is 5. The molecule has 4 N–H and O–H groups in total. The molecule has 8 aromatic rings. The van der Waals surface area contributed by atoms with Gasteiger partial charge >= 0.3 is 0 Å². The Morgan fingerprint density at radius 2 is 0.808 bits per heavy atom. The van der Waals surface area contributed by atoms with Crippen molar-refractivity contribution in [1.82, 2.24) is 24.8 Å². The van der Waals surface area contributed by atoms with Crippen LogP contribution in [0.4, 0.5) is 45.5 Å². The highest BCUT2D eigenvalue weighted by molar-refractivity contribution is 7.86. The Morgan fingerprint density at radius 1 is 0.454 bits per heavy atom. The molecule has 0 spiro atoms. The molecule has 3 aromatic heterocycles. The van der Waals surface area contributed by atoms with Gasteiger partial charge in [0.25, 0.3) is 10.1 Å². The van der Waals surface area contributed by atoms with E-state index >= 15 is 0 Å². The number of pyridine rings is 3. The highest BCUT2D eigenvalue weighted by atomic mass is 32.2. The monoisotopic (exact) mass is 1840 g/mol. The number of hydrogen-bond donors (Lipinski definition) is 4. The number of aromatic nitrogens is 3. The Labute approximate surface area is 763 Å². The van der Waals surface area contributed by atoms with E-state index in [1.165, 1.54) is 21.3 Å². The van der Waals surface area contributed by atoms with Crippen molar-refractivity contribution in [3.63, 3.8) is 0 Å². The largest absolute Gasteiger partial charge is 0.543 e. The first-order valence-corrected chi connectivity index (χ1v) is 51.3. The fourth-order valence-electron chi connectivity index (χ4n) is 15.1. The van der Waals surface area contributed by atoms with Crippen LogP contribution in [0, 0.1) is 45.8 Å². The first-order valence-electron chi connectivity index (χ1n) is 43.7. The number of methoxy groups -OCH3 is 3. The zero-order valence-electron chi connectivity index (χ0n) is 76.5. The second kappa shape index (κ2) is 43.4. The van der Waals surface area contributed by atoms with Crippen molar-refractivity contribution < 1.29 is 93.4 Å². The van der Waals surface area contributed by atoms with Gasteiger partial charge in [0.15, 0.2) is 0 Å². The lowest BCUT2D eigenvalue weighted by Crippen LogP contribution is -2.43. The highest BCUT2D eigenvalue weighted by Crippen LogP contribution is 2.47. The number of nitrogens with zero attached hydrogens (tertiary/aromatic N) is 11. The number of anilines is 8. The lowest BCUT2D eigenvalue weighted by molar-refractivity contribution is -0.138. The van der Waals surface area contributed by atoms with Crippen LogP contribution < -0.4 is 76.8 Å². The third-order valence-electron chi connectivity index (χ3n) is 24.1. The topological polar surface area (TPSA) is 388 Å². The van der Waals surface area contributed by atoms with Gasteiger partial charge in [-0.1, -0.05) is 41.5 Å². The average molecular weight is 1840 g/mol. The first-order chi connectivity index (χ1) is 62.1. The lowest BCUT2D eigenvalue weighted by atomic mass is 9.99. The number of benzene rings is 5. The molecule has 0 saturated carbocycles. The summed E-state index contributed by atoms with van der Waals surface area (Å²) in [5, 5.41) is 53.5. The summed E-state index contributed by atoms with van der Waals surface area (Å²) in [6.45, 7) is 33.8. The lowest BCUT2D eigenvalue weighted by Gasteiger charge is -2.37. The number of nitriles is 3. The van der Waals surface area contributed by atoms with Gasteiger partial charge in [-0.2, -0.15) is 24.2 Å². The van der Waals surface area contributed by atoms with E-state index in [9.17, 15) is 33.6 Å². The van der Waals surface area contributed by atoms with Crippen LogP contribution in [0.3, 0.4) is 0 Å². The molecule has 17 rings (SSSR count). The molecular weight excluding hydrogens is 1720 g/mol. The van der Waals surface area contributed by atoms with E-state index in [0.717, 1.165) is 150 Å². The molecule has 0 radical (unpaired) electrons. The highest BCUT2D eigenvalue weighted by Gasteiger charge is 2.42. The van der Waals surface area contributed by atoms with Crippen LogP contribution >= 0.6 is 0 Å². The molecule has 12 heterocycles. The summed E-state index contributed by atoms with van der Waals surface area (Å²) in [5.74, 6) is 8.24. The van der Waals surface area contributed by atoms with Crippen LogP contribution in [0.15, 0.2) is 128 Å². The van der Waals surface area contributed by atoms with E-state index in [1.54, 1.807) is 78.1 Å². The number of aromatic hydroxyl groups is 2. The third-order valence-corrected chi connectivity index (χ3v) is 33.4. The number of phenolic OH excluding ortho intramolecular Hbond substituents is 2. The van der Waals surface area contributed by atoms with Crippen LogP contribution in [0.5, 0.6) is 75.1 Å². The van der Waals surface area contributed by atoms with Gasteiger partial charge in [0.05, 0.1) is 124 Å². The molecule has 1 unspecified atom stereocenters. The Balaban J connectivity index is 0.000000145. The van der Waals surface area contributed by atoms with Crippen LogP contribution in [-0.2, 0) is 33.4 Å². The minimum Gasteiger partial charge on any atom is -0.543 e. The minimum absolute atomic E-state index is 0.0238. The first kappa shape index (κ1) is 96.7. The molecule has 9 aliphatic heterocycles. The van der Waals surface area contributed by atoms with Crippen molar-refractivity contribution in [3.05, 3.63) is 144 Å². The van der Waals surface area contributed by atoms with Gasteiger partial charge in [-0.25, -0.2) is 15.0 Å². The maximum absolute atomic E-state index is 12.8. The summed E-state index contributed by atoms with van der Waals surface area (Å²) in [6.07, 6.45) is 10.2. The predicted octanol–water partition coefficient (Wildman–Crippen LogP) is 15.0. The van der Waals surface area contributed by atoms with Crippen molar-refractivity contribution in [3.8, 4) is 93.3 Å². The molecule has 0 aliphatic carbocycles. The second-order valence-corrected chi connectivity index (χ2v) is 46.2. The second-order valence-electron chi connectivity index (χ2n) is 35.2. The number of rotatable bonds is 16. The van der Waals surface area contributed by atoms with Gasteiger partial charge in [-0.15, -0.1) is 0 Å². The van der Waals surface area contributed by atoms with E-state index in [4.69, 9.17) is 75.5 Å². The maximum Gasteiger partial charge on any atom is 0.264 e. The number of ether oxygens (including phenoxy) is 11. The van der Waals surface area contributed by atoms with Crippen LogP contribution in [-0.4, -0.2) is 230 Å². The molecule has 4 fully saturated rings. The normalized spacial score (nSPS) is 17.5. The standard InChI is InChI=1S/C25H28N4O5.C21H27N3O3Si.C15H13N3O3.C14H23NO2Si.C11H19NO5S.C8H9NO2/c1-31-24-18(14-26)12-19(15-27-24)29-8-11-33-23-3-2-20(13-22(23)29)34-21-4-7-28(16-21)25(30)17-5-9-32-10-6-17;1-21(2,3)28(5,6)27-17-7-8-19-18(12-17)24(9-10-26-19)16-11-15(13-22)20(25-4)23-14-16;1-20-15-10(8-16)6-11(9-17-15)18-4-5-21-14-3-2-12(19)7-13(14)18;1-14(2,3)18(4,5)17-11-6-7-13-12(10-11)15-8-9-16-13;1-18(14,15)17-10-2-5-12(8-10)11(13)9-3-6-16-7-4-9;10-6-1-2-8-7(5-6)9-3-4-11-8/h2-3,12-13,15,17,21H,4-11,16H2,1H3;7-8,11-12,14H,9-10H2,1-6H3;2-3,6-7,9,19H,4-5H2,1H3;6-7,10,15H,8-9H2,1-5H3;9-10H,2-8H2,1H3;1-2,5,9-10H,3-4H2/t21-;;;;;/m0...../s1. The SMILES string of the molecule is CC(C)(C)[Si](C)(C)Oc1ccc2c(c1)NCCO2.COc1ncc(N2CCOc3ccc(O)cc32)cc1C#N.COc1ncc(N2CCOc3ccc(O[C@H]4CCN(C(=O)C5CCOCC5)C4)cc32)cc1C#N.COc1ncc(N2CCOc3ccc(O[Si](C)(C)C(C)(C)C)cc32)cc1C#N.CS(=O)(=O)OC1CCN(C(=O)C2CCOCC2)C1.Oc1ccc2c(c1)NCCO2. The van der Waals surface area contributed by atoms with E-state index < -0.39 is 26.8 Å². The molecule has 5 aromatic carbocycles. The number of carbonyl (C=O) groups is 2. The molecule has 36 heteroatoms. The average Bonchev–Trinajstić information content (AvgIpc) is 0.890. The molecule has 694 valence electrons. The molecule has 2 atom stereocenters.